The topological polar surface area (TPSA) is 45.7 Å². The predicted octanol–water partition coefficient (Wildman–Crippen LogP) is 3.28. The highest BCUT2D eigenvalue weighted by Crippen LogP contribution is 2.22. The van der Waals surface area contributed by atoms with Gasteiger partial charge in [-0.25, -0.2) is 4.39 Å². The van der Waals surface area contributed by atoms with Gasteiger partial charge in [0.25, 0.3) is 0 Å². The summed E-state index contributed by atoms with van der Waals surface area (Å²) in [5, 5.41) is 11.6. The lowest BCUT2D eigenvalue weighted by atomic mass is 10.2. The van der Waals surface area contributed by atoms with Crippen LogP contribution in [0.5, 0.6) is 0 Å². The van der Waals surface area contributed by atoms with Crippen LogP contribution in [0.4, 0.5) is 4.39 Å². The Morgan fingerprint density at radius 1 is 1.19 bits per heavy atom. The molecular formula is C12H10FNO2. The Morgan fingerprint density at radius 2 is 1.88 bits per heavy atom. The van der Waals surface area contributed by atoms with Gasteiger partial charge < -0.3 is 9.62 Å². The van der Waals surface area contributed by atoms with E-state index in [0.717, 1.165) is 5.56 Å². The van der Waals surface area contributed by atoms with Crippen molar-refractivity contribution in [3.8, 4) is 11.3 Å². The van der Waals surface area contributed by atoms with Crippen molar-refractivity contribution >= 4 is 5.71 Å². The summed E-state index contributed by atoms with van der Waals surface area (Å²) in [6.07, 6.45) is 0. The highest BCUT2D eigenvalue weighted by Gasteiger charge is 2.07. The zero-order valence-electron chi connectivity index (χ0n) is 8.64. The maximum absolute atomic E-state index is 12.7. The van der Waals surface area contributed by atoms with Crippen molar-refractivity contribution in [2.75, 3.05) is 0 Å². The number of hydrogen-bond donors (Lipinski definition) is 1. The highest BCUT2D eigenvalue weighted by molar-refractivity contribution is 5.96. The maximum Gasteiger partial charge on any atom is 0.152 e. The van der Waals surface area contributed by atoms with Gasteiger partial charge >= 0.3 is 0 Å². The number of rotatable bonds is 2. The van der Waals surface area contributed by atoms with Crippen molar-refractivity contribution in [3.05, 3.63) is 48.0 Å². The zero-order valence-corrected chi connectivity index (χ0v) is 8.64. The van der Waals surface area contributed by atoms with E-state index in [4.69, 9.17) is 9.62 Å². The van der Waals surface area contributed by atoms with Crippen molar-refractivity contribution in [1.82, 2.24) is 0 Å². The van der Waals surface area contributed by atoms with Gasteiger partial charge in [-0.3, -0.25) is 0 Å². The van der Waals surface area contributed by atoms with Crippen molar-refractivity contribution in [1.29, 1.82) is 0 Å². The average Bonchev–Trinajstić information content (AvgIpc) is 2.78. The van der Waals surface area contributed by atoms with Crippen LogP contribution < -0.4 is 0 Å². The molecule has 3 nitrogen and oxygen atoms in total. The maximum atomic E-state index is 12.7. The molecular weight excluding hydrogens is 209 g/mol. The molecule has 2 aromatic rings. The van der Waals surface area contributed by atoms with E-state index in [9.17, 15) is 4.39 Å². The number of furan rings is 1. The first kappa shape index (κ1) is 10.4. The van der Waals surface area contributed by atoms with Crippen LogP contribution in [0.15, 0.2) is 46.0 Å². The SMILES string of the molecule is C/C(=N\O)c1ccc(-c2ccc(F)cc2)o1. The molecule has 0 atom stereocenters. The Labute approximate surface area is 91.8 Å². The van der Waals surface area contributed by atoms with Crippen molar-refractivity contribution in [3.63, 3.8) is 0 Å². The first-order valence-corrected chi connectivity index (χ1v) is 4.75. The Kier molecular flexibility index (Phi) is 2.72. The van der Waals surface area contributed by atoms with Gasteiger partial charge in [0.2, 0.25) is 0 Å². The van der Waals surface area contributed by atoms with E-state index in [1.807, 2.05) is 0 Å². The molecule has 1 N–H and O–H groups in total. The van der Waals surface area contributed by atoms with E-state index in [1.54, 1.807) is 31.2 Å². The molecule has 0 unspecified atom stereocenters. The molecule has 16 heavy (non-hydrogen) atoms. The summed E-state index contributed by atoms with van der Waals surface area (Å²) in [7, 11) is 0. The number of nitrogens with zero attached hydrogens (tertiary/aromatic N) is 1. The quantitative estimate of drug-likeness (QED) is 0.478. The standard InChI is InChI=1S/C12H10FNO2/c1-8(14-15)11-6-7-12(16-11)9-2-4-10(13)5-3-9/h2-7,15H,1H3/b14-8+. The molecule has 0 aliphatic carbocycles. The number of benzene rings is 1. The lowest BCUT2D eigenvalue weighted by Crippen LogP contribution is -1.89. The monoisotopic (exact) mass is 219 g/mol. The molecule has 0 fully saturated rings. The fourth-order valence-corrected chi connectivity index (χ4v) is 1.35. The first-order valence-electron chi connectivity index (χ1n) is 4.75. The van der Waals surface area contributed by atoms with Gasteiger partial charge in [-0.05, 0) is 43.3 Å². The second-order valence-electron chi connectivity index (χ2n) is 3.36. The average molecular weight is 219 g/mol. The predicted molar refractivity (Wildman–Crippen MR) is 58.1 cm³/mol. The van der Waals surface area contributed by atoms with Gasteiger partial charge in [0.05, 0.1) is 0 Å². The Hall–Kier alpha value is -2.10. The summed E-state index contributed by atoms with van der Waals surface area (Å²) < 4.78 is 18.2. The molecule has 2 rings (SSSR count). The highest BCUT2D eigenvalue weighted by atomic mass is 19.1. The molecule has 1 heterocycles. The van der Waals surface area contributed by atoms with Crippen LogP contribution in [-0.2, 0) is 0 Å². The van der Waals surface area contributed by atoms with E-state index in [0.29, 0.717) is 17.2 Å². The zero-order chi connectivity index (χ0) is 11.5. The van der Waals surface area contributed by atoms with Crippen LogP contribution in [0.25, 0.3) is 11.3 Å². The van der Waals surface area contributed by atoms with Crippen LogP contribution in [0, 0.1) is 5.82 Å². The number of halogens is 1. The minimum atomic E-state index is -0.288. The molecule has 82 valence electrons. The third-order valence-corrected chi connectivity index (χ3v) is 2.24. The van der Waals surface area contributed by atoms with Gasteiger partial charge in [0.15, 0.2) is 5.76 Å². The van der Waals surface area contributed by atoms with Gasteiger partial charge in [-0.2, -0.15) is 0 Å². The molecule has 4 heteroatoms. The summed E-state index contributed by atoms with van der Waals surface area (Å²) in [6.45, 7) is 1.63. The number of oxime groups is 1. The Morgan fingerprint density at radius 3 is 2.50 bits per heavy atom. The Balaban J connectivity index is 2.35. The van der Waals surface area contributed by atoms with E-state index in [-0.39, 0.29) is 5.82 Å². The molecule has 1 aromatic heterocycles. The van der Waals surface area contributed by atoms with E-state index < -0.39 is 0 Å². The molecule has 0 spiro atoms. The van der Waals surface area contributed by atoms with E-state index in [1.165, 1.54) is 12.1 Å². The minimum absolute atomic E-state index is 0.288. The molecule has 1 aromatic carbocycles. The normalized spacial score (nSPS) is 11.8. The second-order valence-corrected chi connectivity index (χ2v) is 3.36. The molecule has 0 aliphatic heterocycles. The molecule has 0 aliphatic rings. The third kappa shape index (κ3) is 1.95. The summed E-state index contributed by atoms with van der Waals surface area (Å²) in [4.78, 5) is 0. The lowest BCUT2D eigenvalue weighted by molar-refractivity contribution is 0.317. The van der Waals surface area contributed by atoms with Gasteiger partial charge in [-0.1, -0.05) is 5.16 Å². The summed E-state index contributed by atoms with van der Waals surface area (Å²) in [6, 6.07) is 9.44. The fourth-order valence-electron chi connectivity index (χ4n) is 1.35. The van der Waals surface area contributed by atoms with Crippen LogP contribution in [0.2, 0.25) is 0 Å². The largest absolute Gasteiger partial charge is 0.455 e. The van der Waals surface area contributed by atoms with Crippen LogP contribution in [-0.4, -0.2) is 10.9 Å². The molecule has 0 amide bonds. The lowest BCUT2D eigenvalue weighted by Gasteiger charge is -1.96. The van der Waals surface area contributed by atoms with Crippen molar-refractivity contribution in [2.45, 2.75) is 6.92 Å². The van der Waals surface area contributed by atoms with Crippen LogP contribution >= 0.6 is 0 Å². The third-order valence-electron chi connectivity index (χ3n) is 2.24. The van der Waals surface area contributed by atoms with Crippen LogP contribution in [0.3, 0.4) is 0 Å². The smallest absolute Gasteiger partial charge is 0.152 e. The number of hydrogen-bond acceptors (Lipinski definition) is 3. The molecule has 0 bridgehead atoms. The fraction of sp³-hybridized carbons (Fsp3) is 0.0833. The van der Waals surface area contributed by atoms with E-state index in [2.05, 4.69) is 5.16 Å². The molecule has 0 radical (unpaired) electrons. The van der Waals surface area contributed by atoms with Crippen molar-refractivity contribution < 1.29 is 14.0 Å². The minimum Gasteiger partial charge on any atom is -0.455 e. The van der Waals surface area contributed by atoms with Crippen LogP contribution in [0.1, 0.15) is 12.7 Å². The van der Waals surface area contributed by atoms with Crippen molar-refractivity contribution in [2.24, 2.45) is 5.16 Å². The summed E-state index contributed by atoms with van der Waals surface area (Å²) >= 11 is 0. The molecule has 0 saturated heterocycles. The summed E-state index contributed by atoms with van der Waals surface area (Å²) in [5.41, 5.74) is 1.17. The summed E-state index contributed by atoms with van der Waals surface area (Å²) in [5.74, 6) is 0.809. The molecule has 0 saturated carbocycles. The first-order chi connectivity index (χ1) is 7.70. The second kappa shape index (κ2) is 4.18. The van der Waals surface area contributed by atoms with Gasteiger partial charge in [0, 0.05) is 5.56 Å². The van der Waals surface area contributed by atoms with Gasteiger partial charge in [-0.15, -0.1) is 0 Å². The van der Waals surface area contributed by atoms with E-state index >= 15 is 0 Å². The Bertz CT molecular complexity index is 514. The van der Waals surface area contributed by atoms with Gasteiger partial charge in [0.1, 0.15) is 17.3 Å².